The van der Waals surface area contributed by atoms with Crippen LogP contribution in [-0.4, -0.2) is 29.8 Å². The summed E-state index contributed by atoms with van der Waals surface area (Å²) in [6, 6.07) is 8.44. The summed E-state index contributed by atoms with van der Waals surface area (Å²) in [5, 5.41) is 0.371. The lowest BCUT2D eigenvalue weighted by Crippen LogP contribution is -2.27. The van der Waals surface area contributed by atoms with Crippen LogP contribution >= 0.6 is 50.9 Å². The maximum atomic E-state index is 12.9. The molecule has 0 unspecified atom stereocenters. The highest BCUT2D eigenvalue weighted by molar-refractivity contribution is 9.10. The Labute approximate surface area is 196 Å². The van der Waals surface area contributed by atoms with Gasteiger partial charge in [-0.15, -0.1) is 6.42 Å². The first kappa shape index (κ1) is 22.6. The molecule has 1 saturated heterocycles. The Hall–Kier alpha value is -2.11. The lowest BCUT2D eigenvalue weighted by Gasteiger charge is -2.14. The number of carbonyl (C=O) groups is 2. The molecule has 1 fully saturated rings. The quantitative estimate of drug-likeness (QED) is 0.340. The van der Waals surface area contributed by atoms with E-state index in [0.717, 1.165) is 16.7 Å². The maximum absolute atomic E-state index is 12.9. The number of hydrogen-bond donors (Lipinski definition) is 0. The molecule has 3 rings (SSSR count). The molecule has 0 spiro atoms. The van der Waals surface area contributed by atoms with Crippen LogP contribution in [0.15, 0.2) is 39.7 Å². The first-order valence-electron chi connectivity index (χ1n) is 8.47. The number of thioether (sulfide) groups is 1. The fourth-order valence-electron chi connectivity index (χ4n) is 2.71. The molecule has 154 valence electrons. The number of benzene rings is 2. The summed E-state index contributed by atoms with van der Waals surface area (Å²) in [4.78, 5) is 26.7. The van der Waals surface area contributed by atoms with Gasteiger partial charge >= 0.3 is 0 Å². The van der Waals surface area contributed by atoms with Crippen LogP contribution in [0.5, 0.6) is 11.5 Å². The van der Waals surface area contributed by atoms with Gasteiger partial charge in [0, 0.05) is 10.0 Å². The Kier molecular flexibility index (Phi) is 7.37. The molecular weight excluding hydrogens is 513 g/mol. The standard InChI is InChI=1S/C21H14BrCl2NO4S/c1-3-6-29-19-13(8-14(22)10-17(19)28-2)9-18-20(26)25(21(27)30-18)11-12-4-5-15(23)16(24)7-12/h1,4-5,7-10H,6,11H2,2H3/b18-9-. The molecule has 1 aliphatic heterocycles. The van der Waals surface area contributed by atoms with E-state index in [1.807, 2.05) is 0 Å². The number of halogens is 3. The first-order valence-corrected chi connectivity index (χ1v) is 10.8. The van der Waals surface area contributed by atoms with Gasteiger partial charge in [0.25, 0.3) is 11.1 Å². The third-order valence-electron chi connectivity index (χ3n) is 4.05. The largest absolute Gasteiger partial charge is 0.493 e. The van der Waals surface area contributed by atoms with E-state index in [1.54, 1.807) is 36.4 Å². The number of amides is 2. The van der Waals surface area contributed by atoms with E-state index in [0.29, 0.717) is 37.1 Å². The number of rotatable bonds is 6. The Morgan fingerprint density at radius 3 is 2.67 bits per heavy atom. The summed E-state index contributed by atoms with van der Waals surface area (Å²) in [5.74, 6) is 2.81. The minimum Gasteiger partial charge on any atom is -0.493 e. The van der Waals surface area contributed by atoms with Crippen LogP contribution in [0.2, 0.25) is 10.0 Å². The second-order valence-electron chi connectivity index (χ2n) is 6.04. The summed E-state index contributed by atoms with van der Waals surface area (Å²) in [6.45, 7) is 0.110. The van der Waals surface area contributed by atoms with Gasteiger partial charge in [-0.25, -0.2) is 0 Å². The number of methoxy groups -OCH3 is 1. The van der Waals surface area contributed by atoms with Gasteiger partial charge < -0.3 is 9.47 Å². The van der Waals surface area contributed by atoms with Crippen LogP contribution in [0.3, 0.4) is 0 Å². The predicted octanol–water partition coefficient (Wildman–Crippen LogP) is 6.01. The Morgan fingerprint density at radius 2 is 2.00 bits per heavy atom. The molecule has 1 aliphatic rings. The molecule has 2 amide bonds. The second-order valence-corrected chi connectivity index (χ2v) is 8.76. The smallest absolute Gasteiger partial charge is 0.293 e. The van der Waals surface area contributed by atoms with Gasteiger partial charge in [-0.05, 0) is 47.7 Å². The SMILES string of the molecule is C#CCOc1c(/C=C2\SC(=O)N(Cc3ccc(Cl)c(Cl)c3)C2=O)cc(Br)cc1OC. The van der Waals surface area contributed by atoms with Crippen LogP contribution in [0.4, 0.5) is 4.79 Å². The highest BCUT2D eigenvalue weighted by Crippen LogP contribution is 2.40. The van der Waals surface area contributed by atoms with Crippen LogP contribution in [0.25, 0.3) is 6.08 Å². The number of nitrogens with zero attached hydrogens (tertiary/aromatic N) is 1. The van der Waals surface area contributed by atoms with E-state index in [2.05, 4.69) is 21.9 Å². The van der Waals surface area contributed by atoms with Crippen LogP contribution < -0.4 is 9.47 Å². The molecule has 0 radical (unpaired) electrons. The van der Waals surface area contributed by atoms with Crippen LogP contribution in [0.1, 0.15) is 11.1 Å². The predicted molar refractivity (Wildman–Crippen MR) is 123 cm³/mol. The molecule has 0 aromatic heterocycles. The number of hydrogen-bond acceptors (Lipinski definition) is 5. The minimum absolute atomic E-state index is 0.0254. The van der Waals surface area contributed by atoms with Crippen molar-refractivity contribution < 1.29 is 19.1 Å². The van der Waals surface area contributed by atoms with Crippen molar-refractivity contribution in [2.24, 2.45) is 0 Å². The molecule has 0 saturated carbocycles. The van der Waals surface area contributed by atoms with Gasteiger partial charge in [0.15, 0.2) is 11.5 Å². The maximum Gasteiger partial charge on any atom is 0.293 e. The Morgan fingerprint density at radius 1 is 1.23 bits per heavy atom. The van der Waals surface area contributed by atoms with Crippen molar-refractivity contribution in [3.05, 3.63) is 60.9 Å². The average Bonchev–Trinajstić information content (AvgIpc) is 2.97. The van der Waals surface area contributed by atoms with E-state index in [-0.39, 0.29) is 23.3 Å². The summed E-state index contributed by atoms with van der Waals surface area (Å²) in [5.41, 5.74) is 1.24. The third-order valence-corrected chi connectivity index (χ3v) is 6.16. The van der Waals surface area contributed by atoms with Gasteiger partial charge in [-0.2, -0.15) is 0 Å². The van der Waals surface area contributed by atoms with Crippen molar-refractivity contribution in [1.82, 2.24) is 4.90 Å². The molecule has 2 aromatic carbocycles. The van der Waals surface area contributed by atoms with Gasteiger partial charge in [-0.3, -0.25) is 14.5 Å². The van der Waals surface area contributed by atoms with Crippen molar-refractivity contribution >= 4 is 68.1 Å². The number of ether oxygens (including phenoxy) is 2. The van der Waals surface area contributed by atoms with Gasteiger partial charge in [0.1, 0.15) is 6.61 Å². The normalized spacial score (nSPS) is 14.9. The average molecular weight is 527 g/mol. The summed E-state index contributed by atoms with van der Waals surface area (Å²) in [7, 11) is 1.50. The van der Waals surface area contributed by atoms with E-state index < -0.39 is 5.91 Å². The lowest BCUT2D eigenvalue weighted by molar-refractivity contribution is -0.123. The van der Waals surface area contributed by atoms with Crippen molar-refractivity contribution in [1.29, 1.82) is 0 Å². The van der Waals surface area contributed by atoms with Crippen molar-refractivity contribution in [2.45, 2.75) is 6.54 Å². The minimum atomic E-state index is -0.419. The topological polar surface area (TPSA) is 55.8 Å². The molecule has 1 heterocycles. The second kappa shape index (κ2) is 9.80. The van der Waals surface area contributed by atoms with E-state index >= 15 is 0 Å². The lowest BCUT2D eigenvalue weighted by atomic mass is 10.1. The van der Waals surface area contributed by atoms with Crippen LogP contribution in [0, 0.1) is 12.3 Å². The highest BCUT2D eigenvalue weighted by atomic mass is 79.9. The van der Waals surface area contributed by atoms with Gasteiger partial charge in [0.05, 0.1) is 28.6 Å². The highest BCUT2D eigenvalue weighted by Gasteiger charge is 2.35. The Bertz CT molecular complexity index is 1100. The summed E-state index contributed by atoms with van der Waals surface area (Å²) < 4.78 is 11.7. The number of carbonyl (C=O) groups excluding carboxylic acids is 2. The van der Waals surface area contributed by atoms with Crippen molar-refractivity contribution in [3.63, 3.8) is 0 Å². The van der Waals surface area contributed by atoms with Crippen LogP contribution in [-0.2, 0) is 11.3 Å². The zero-order chi connectivity index (χ0) is 21.8. The molecule has 5 nitrogen and oxygen atoms in total. The summed E-state index contributed by atoms with van der Waals surface area (Å²) in [6.07, 6.45) is 6.88. The van der Waals surface area contributed by atoms with E-state index in [9.17, 15) is 9.59 Å². The monoisotopic (exact) mass is 525 g/mol. The van der Waals surface area contributed by atoms with Crippen molar-refractivity contribution in [3.8, 4) is 23.8 Å². The fraction of sp³-hybridized carbons (Fsp3) is 0.143. The zero-order valence-corrected chi connectivity index (χ0v) is 19.5. The molecule has 0 atom stereocenters. The molecular formula is C21H14BrCl2NO4S. The molecule has 30 heavy (non-hydrogen) atoms. The first-order chi connectivity index (χ1) is 14.3. The van der Waals surface area contributed by atoms with Gasteiger partial charge in [-0.1, -0.05) is 51.1 Å². The molecule has 0 N–H and O–H groups in total. The molecule has 0 bridgehead atoms. The third kappa shape index (κ3) is 4.96. The number of imide groups is 1. The van der Waals surface area contributed by atoms with Crippen molar-refractivity contribution in [2.75, 3.05) is 13.7 Å². The summed E-state index contributed by atoms with van der Waals surface area (Å²) >= 11 is 16.2. The molecule has 9 heteroatoms. The van der Waals surface area contributed by atoms with E-state index in [4.69, 9.17) is 39.1 Å². The zero-order valence-electron chi connectivity index (χ0n) is 15.6. The Balaban J connectivity index is 1.92. The molecule has 2 aromatic rings. The fourth-order valence-corrected chi connectivity index (χ4v) is 4.32. The number of terminal acetylenes is 1. The van der Waals surface area contributed by atoms with E-state index in [1.165, 1.54) is 7.11 Å². The molecule has 0 aliphatic carbocycles. The van der Waals surface area contributed by atoms with Gasteiger partial charge in [0.2, 0.25) is 0 Å².